The SMILES string of the molecule is CCCCCCc1cc(-c2cccs2)sc1-c1ccc(-c2sc(-c3ccc(CCCCCCN4C(=O)c5ccc6c7c(Oc8cc(C(C)(C)C)cc(C(C)(C)C)c8)cc8c9c(ccc(c%10c(Oc%11cc(C(C)(C)C)cc(C(C)(C)C)c%11)cc(c5c6%10)C4=O)c97)C(=O)N(CC(CC)CCCC)C8=O)s3)cc2CCCCCC)s1. The maximum atomic E-state index is 15.8. The van der Waals surface area contributed by atoms with Gasteiger partial charge in [-0.25, -0.2) is 0 Å². The third-order valence-electron chi connectivity index (χ3n) is 23.1. The van der Waals surface area contributed by atoms with E-state index in [2.05, 4.69) is 201 Å². The molecule has 580 valence electrons. The predicted octanol–water partition coefficient (Wildman–Crippen LogP) is 29.9. The molecule has 5 aromatic heterocycles. The van der Waals surface area contributed by atoms with E-state index in [9.17, 15) is 0 Å². The van der Waals surface area contributed by atoms with Crippen molar-refractivity contribution in [3.8, 4) is 62.0 Å². The molecule has 0 bridgehead atoms. The number of thiophene rings is 5. The topological polar surface area (TPSA) is 93.2 Å². The number of nitrogens with zero attached hydrogens (tertiary/aromatic N) is 2. The van der Waals surface area contributed by atoms with Crippen molar-refractivity contribution in [2.75, 3.05) is 13.1 Å². The Morgan fingerprint density at radius 3 is 1.28 bits per heavy atom. The van der Waals surface area contributed by atoms with Gasteiger partial charge in [0.15, 0.2) is 0 Å². The van der Waals surface area contributed by atoms with Crippen molar-refractivity contribution in [2.45, 2.75) is 254 Å². The van der Waals surface area contributed by atoms with Crippen LogP contribution < -0.4 is 9.47 Å². The first kappa shape index (κ1) is 79.8. The largest absolute Gasteiger partial charge is 0.457 e. The second-order valence-electron chi connectivity index (χ2n) is 35.6. The molecule has 7 aromatic carbocycles. The predicted molar refractivity (Wildman–Crippen MR) is 475 cm³/mol. The summed E-state index contributed by atoms with van der Waals surface area (Å²) in [6.45, 7) is 36.0. The van der Waals surface area contributed by atoms with Crippen molar-refractivity contribution >= 4 is 123 Å². The maximum absolute atomic E-state index is 15.8. The van der Waals surface area contributed by atoms with Crippen LogP contribution in [-0.2, 0) is 40.9 Å². The van der Waals surface area contributed by atoms with Crippen LogP contribution in [0.2, 0.25) is 0 Å². The molecule has 4 amide bonds. The number of carbonyl (C=O) groups is 4. The average Bonchev–Trinajstić information content (AvgIpc) is 0.888. The quantitative estimate of drug-likeness (QED) is 0.0186. The molecule has 1 unspecified atom stereocenters. The molecular weight excluding hydrogens is 1460 g/mol. The van der Waals surface area contributed by atoms with Gasteiger partial charge in [0, 0.05) is 100 Å². The molecule has 0 saturated carbocycles. The molecule has 2 aliphatic heterocycles. The van der Waals surface area contributed by atoms with Crippen LogP contribution in [-0.4, -0.2) is 46.5 Å². The zero-order valence-corrected chi connectivity index (χ0v) is 72.5. The Morgan fingerprint density at radius 2 is 0.811 bits per heavy atom. The first-order chi connectivity index (χ1) is 53.0. The van der Waals surface area contributed by atoms with Gasteiger partial charge in [-0.05, 0) is 219 Å². The fourth-order valence-corrected chi connectivity index (χ4v) is 22.1. The summed E-state index contributed by atoms with van der Waals surface area (Å²) in [6, 6.07) is 43.3. The van der Waals surface area contributed by atoms with E-state index in [1.165, 1.54) is 116 Å². The number of hydrogen-bond donors (Lipinski definition) is 0. The number of fused-ring (bicyclic) bond motifs is 2. The lowest BCUT2D eigenvalue weighted by Gasteiger charge is -2.32. The van der Waals surface area contributed by atoms with Gasteiger partial charge in [-0.3, -0.25) is 29.0 Å². The van der Waals surface area contributed by atoms with Gasteiger partial charge >= 0.3 is 0 Å². The van der Waals surface area contributed by atoms with Gasteiger partial charge in [-0.15, -0.1) is 56.7 Å². The van der Waals surface area contributed by atoms with Gasteiger partial charge in [0.2, 0.25) is 0 Å². The molecule has 111 heavy (non-hydrogen) atoms. The average molecular weight is 1570 g/mol. The standard InChI is InChI=1S/C98H112N2O6S5/c1-17-21-24-28-34-60-48-81(77-37-32-47-107-77)110-89(60)79-44-45-80(109-79)90-61(35-29-25-22-18-2)49-82(111-90)78-43-38-68(108-78)36-30-26-27-31-46-99-91(101)71-41-39-69-86-76(106-67-54-64(97(11,12)13)51-65(55-67)98(14,15)16)57-74-84-72(92(102)100(94(74)104)58-59(20-4)33-23-19-3)42-40-70(88(84)86)85-75(56-73(93(99)103)83(71)87(69)85)105-66-52-62(95(5,6)7)50-63(53-66)96(8,9)10/h32,37-45,47-57,59H,17-31,33-36,46,58H2,1-16H3. The Bertz CT molecular complexity index is 5390. The van der Waals surface area contributed by atoms with Gasteiger partial charge < -0.3 is 9.47 Å². The first-order valence-corrected chi connectivity index (χ1v) is 45.4. The molecule has 0 spiro atoms. The second-order valence-corrected chi connectivity index (χ2v) is 40.9. The van der Waals surface area contributed by atoms with Crippen LogP contribution in [0.3, 0.4) is 0 Å². The van der Waals surface area contributed by atoms with Crippen molar-refractivity contribution in [3.63, 3.8) is 0 Å². The maximum Gasteiger partial charge on any atom is 0.261 e. The lowest BCUT2D eigenvalue weighted by atomic mass is 9.80. The second kappa shape index (κ2) is 32.6. The zero-order chi connectivity index (χ0) is 78.6. The van der Waals surface area contributed by atoms with Crippen molar-refractivity contribution in [2.24, 2.45) is 5.92 Å². The van der Waals surface area contributed by atoms with Crippen LogP contribution in [0.15, 0.2) is 127 Å². The Kier molecular flexibility index (Phi) is 23.5. The number of carbonyl (C=O) groups excluding carboxylic acids is 4. The summed E-state index contributed by atoms with van der Waals surface area (Å²) in [7, 11) is 0. The van der Waals surface area contributed by atoms with E-state index in [1.807, 2.05) is 93.1 Å². The van der Waals surface area contributed by atoms with Crippen LogP contribution in [0.5, 0.6) is 23.0 Å². The van der Waals surface area contributed by atoms with E-state index < -0.39 is 0 Å². The van der Waals surface area contributed by atoms with Crippen molar-refractivity contribution < 1.29 is 28.7 Å². The Morgan fingerprint density at radius 1 is 0.369 bits per heavy atom. The fraction of sp³-hybridized carbons (Fsp3) is 0.429. The lowest BCUT2D eigenvalue weighted by Crippen LogP contribution is -2.43. The van der Waals surface area contributed by atoms with Crippen LogP contribution in [0.25, 0.3) is 82.1 Å². The van der Waals surface area contributed by atoms with Crippen LogP contribution in [0, 0.1) is 5.92 Å². The zero-order valence-electron chi connectivity index (χ0n) is 68.4. The number of rotatable bonds is 31. The van der Waals surface area contributed by atoms with Crippen molar-refractivity contribution in [1.82, 2.24) is 9.80 Å². The summed E-state index contributed by atoms with van der Waals surface area (Å²) in [5.41, 5.74) is 8.13. The van der Waals surface area contributed by atoms with Gasteiger partial charge in [0.25, 0.3) is 23.6 Å². The molecule has 0 aliphatic carbocycles. The smallest absolute Gasteiger partial charge is 0.261 e. The van der Waals surface area contributed by atoms with Gasteiger partial charge in [0.05, 0.1) is 11.1 Å². The number of benzene rings is 7. The summed E-state index contributed by atoms with van der Waals surface area (Å²) in [5, 5.41) is 7.51. The molecule has 1 atom stereocenters. The minimum Gasteiger partial charge on any atom is -0.457 e. The van der Waals surface area contributed by atoms with E-state index in [0.717, 1.165) is 97.2 Å². The number of unbranched alkanes of at least 4 members (excludes halogenated alkanes) is 10. The highest BCUT2D eigenvalue weighted by Crippen LogP contribution is 2.55. The third-order valence-corrected chi connectivity index (χ3v) is 29.4. The van der Waals surface area contributed by atoms with Crippen molar-refractivity contribution in [3.05, 3.63) is 187 Å². The van der Waals surface area contributed by atoms with Crippen LogP contribution >= 0.6 is 56.7 Å². The number of ether oxygens (including phenoxy) is 2. The summed E-state index contributed by atoms with van der Waals surface area (Å²) < 4.78 is 14.9. The summed E-state index contributed by atoms with van der Waals surface area (Å²) in [4.78, 5) is 77.5. The highest BCUT2D eigenvalue weighted by Gasteiger charge is 2.40. The number of amides is 4. The van der Waals surface area contributed by atoms with Gasteiger partial charge in [-0.1, -0.05) is 212 Å². The minimum absolute atomic E-state index is 0.138. The van der Waals surface area contributed by atoms with E-state index in [1.54, 1.807) is 0 Å². The van der Waals surface area contributed by atoms with E-state index in [-0.39, 0.29) is 57.8 Å². The Balaban J connectivity index is 0.784. The molecule has 0 N–H and O–H groups in total. The number of hydrogen-bond acceptors (Lipinski definition) is 11. The highest BCUT2D eigenvalue weighted by molar-refractivity contribution is 7.29. The third kappa shape index (κ3) is 16.4. The highest BCUT2D eigenvalue weighted by atomic mass is 32.1. The molecule has 14 rings (SSSR count). The molecule has 0 radical (unpaired) electrons. The minimum atomic E-state index is -0.360. The first-order valence-electron chi connectivity index (χ1n) is 41.2. The summed E-state index contributed by atoms with van der Waals surface area (Å²) >= 11 is 9.67. The lowest BCUT2D eigenvalue weighted by molar-refractivity contribution is 0.0573. The number of aryl methyl sites for hydroxylation is 3. The van der Waals surface area contributed by atoms with Crippen LogP contribution in [0.1, 0.15) is 293 Å². The number of imide groups is 2. The van der Waals surface area contributed by atoms with E-state index in [4.69, 9.17) is 9.47 Å². The Hall–Kier alpha value is -7.78. The Labute approximate surface area is 679 Å². The summed E-state index contributed by atoms with van der Waals surface area (Å²) in [6.07, 6.45) is 20.4. The molecule has 7 heterocycles. The molecule has 8 nitrogen and oxygen atoms in total. The molecule has 12 aromatic rings. The molecule has 13 heteroatoms. The molecule has 2 aliphatic rings. The van der Waals surface area contributed by atoms with E-state index in [0.29, 0.717) is 90.5 Å². The van der Waals surface area contributed by atoms with Crippen molar-refractivity contribution in [1.29, 1.82) is 0 Å². The van der Waals surface area contributed by atoms with Gasteiger partial charge in [-0.2, -0.15) is 0 Å². The molecular formula is C98H112N2O6S5. The molecule has 0 saturated heterocycles. The summed E-state index contributed by atoms with van der Waals surface area (Å²) in [5.74, 6) is 0.917. The van der Waals surface area contributed by atoms with E-state index >= 15 is 19.2 Å². The normalized spacial score (nSPS) is 14.0. The monoisotopic (exact) mass is 1570 g/mol. The van der Waals surface area contributed by atoms with Gasteiger partial charge in [0.1, 0.15) is 23.0 Å². The molecule has 0 fully saturated rings. The fourth-order valence-electron chi connectivity index (χ4n) is 16.4. The van der Waals surface area contributed by atoms with Crippen LogP contribution in [0.4, 0.5) is 0 Å².